The second kappa shape index (κ2) is 3.64. The Bertz CT molecular complexity index is 488. The van der Waals surface area contributed by atoms with Gasteiger partial charge in [-0.25, -0.2) is 4.98 Å². The predicted octanol–water partition coefficient (Wildman–Crippen LogP) is 4.13. The average molecular weight is 233 g/mol. The fourth-order valence-electron chi connectivity index (χ4n) is 1.32. The molecule has 3 rings (SSSR count). The lowest BCUT2D eigenvalue weighted by atomic mass is 10.4. The molecule has 0 aliphatic rings. The number of nitrogens with zero attached hydrogens (tertiary/aromatic N) is 1. The summed E-state index contributed by atoms with van der Waals surface area (Å²) in [4.78, 5) is 5.73. The molecular weight excluding hydrogens is 226 g/mol. The van der Waals surface area contributed by atoms with Crippen LogP contribution in [0.2, 0.25) is 0 Å². The van der Waals surface area contributed by atoms with Crippen molar-refractivity contribution in [3.63, 3.8) is 0 Å². The molecule has 0 saturated carbocycles. The Hall–Kier alpha value is -1.39. The summed E-state index contributed by atoms with van der Waals surface area (Å²) in [5.74, 6) is 0.836. The lowest BCUT2D eigenvalue weighted by Gasteiger charge is -1.88. The van der Waals surface area contributed by atoms with Crippen LogP contribution in [0.5, 0.6) is 0 Å². The van der Waals surface area contributed by atoms with Crippen LogP contribution in [0, 0.1) is 0 Å². The van der Waals surface area contributed by atoms with Crippen LogP contribution in [-0.2, 0) is 0 Å². The van der Waals surface area contributed by atoms with E-state index in [0.29, 0.717) is 0 Å². The van der Waals surface area contributed by atoms with Gasteiger partial charge >= 0.3 is 0 Å². The van der Waals surface area contributed by atoms with Crippen molar-refractivity contribution in [3.05, 3.63) is 41.3 Å². The average Bonchev–Trinajstić information content (AvgIpc) is 3.02. The predicted molar refractivity (Wildman–Crippen MR) is 63.1 cm³/mol. The molecule has 0 atom stereocenters. The van der Waals surface area contributed by atoms with Crippen molar-refractivity contribution >= 4 is 22.7 Å². The lowest BCUT2D eigenvalue weighted by molar-refractivity contribution is 0.582. The van der Waals surface area contributed by atoms with Gasteiger partial charge < -0.3 is 4.42 Å². The van der Waals surface area contributed by atoms with E-state index in [1.54, 1.807) is 28.9 Å². The second-order valence-electron chi connectivity index (χ2n) is 2.99. The highest BCUT2D eigenvalue weighted by Gasteiger charge is 2.08. The van der Waals surface area contributed by atoms with Crippen molar-refractivity contribution in [2.24, 2.45) is 0 Å². The molecule has 0 aliphatic heterocycles. The van der Waals surface area contributed by atoms with Crippen molar-refractivity contribution in [1.82, 2.24) is 4.98 Å². The van der Waals surface area contributed by atoms with E-state index in [2.05, 4.69) is 21.8 Å². The molecule has 3 aromatic heterocycles. The summed E-state index contributed by atoms with van der Waals surface area (Å²) in [5.41, 5.74) is 1.03. The summed E-state index contributed by atoms with van der Waals surface area (Å²) in [6.45, 7) is 0. The van der Waals surface area contributed by atoms with Crippen molar-refractivity contribution in [2.75, 3.05) is 0 Å². The minimum Gasteiger partial charge on any atom is -0.462 e. The lowest BCUT2D eigenvalue weighted by Crippen LogP contribution is -1.73. The van der Waals surface area contributed by atoms with Crippen LogP contribution >= 0.6 is 22.7 Å². The van der Waals surface area contributed by atoms with E-state index in [1.807, 2.05) is 18.2 Å². The van der Waals surface area contributed by atoms with Gasteiger partial charge in [0, 0.05) is 5.38 Å². The van der Waals surface area contributed by atoms with Crippen LogP contribution in [0.25, 0.3) is 21.3 Å². The molecule has 0 saturated heterocycles. The van der Waals surface area contributed by atoms with E-state index in [1.165, 1.54) is 4.88 Å². The van der Waals surface area contributed by atoms with Gasteiger partial charge in [0.2, 0.25) is 0 Å². The SMILES string of the molecule is c1coc(-c2nc(-c3cccs3)cs2)c1. The maximum absolute atomic E-state index is 5.30. The molecule has 0 N–H and O–H groups in total. The number of hydrogen-bond acceptors (Lipinski definition) is 4. The molecule has 15 heavy (non-hydrogen) atoms. The monoisotopic (exact) mass is 233 g/mol. The van der Waals surface area contributed by atoms with Crippen LogP contribution in [0.15, 0.2) is 45.7 Å². The molecule has 0 aromatic carbocycles. The Morgan fingerprint density at radius 2 is 2.13 bits per heavy atom. The van der Waals surface area contributed by atoms with Crippen molar-refractivity contribution < 1.29 is 4.42 Å². The molecule has 3 heterocycles. The van der Waals surface area contributed by atoms with Crippen molar-refractivity contribution in [3.8, 4) is 21.3 Å². The summed E-state index contributed by atoms with van der Waals surface area (Å²) in [6.07, 6.45) is 1.67. The van der Waals surface area contributed by atoms with Crippen molar-refractivity contribution in [1.29, 1.82) is 0 Å². The van der Waals surface area contributed by atoms with E-state index in [0.717, 1.165) is 16.5 Å². The van der Waals surface area contributed by atoms with Crippen LogP contribution < -0.4 is 0 Å². The Balaban J connectivity index is 2.02. The van der Waals surface area contributed by atoms with E-state index >= 15 is 0 Å². The molecular formula is C11H7NOS2. The van der Waals surface area contributed by atoms with E-state index in [4.69, 9.17) is 4.42 Å². The van der Waals surface area contributed by atoms with Gasteiger partial charge in [-0.05, 0) is 23.6 Å². The topological polar surface area (TPSA) is 26.0 Å². The molecule has 0 fully saturated rings. The zero-order valence-electron chi connectivity index (χ0n) is 7.71. The fourth-order valence-corrected chi connectivity index (χ4v) is 2.87. The summed E-state index contributed by atoms with van der Waals surface area (Å²) >= 11 is 3.31. The highest BCUT2D eigenvalue weighted by atomic mass is 32.1. The molecule has 0 spiro atoms. The van der Waals surface area contributed by atoms with Gasteiger partial charge in [-0.2, -0.15) is 0 Å². The quantitative estimate of drug-likeness (QED) is 0.665. The van der Waals surface area contributed by atoms with Gasteiger partial charge in [-0.1, -0.05) is 6.07 Å². The largest absolute Gasteiger partial charge is 0.462 e. The highest BCUT2D eigenvalue weighted by Crippen LogP contribution is 2.30. The fraction of sp³-hybridized carbons (Fsp3) is 0. The number of rotatable bonds is 2. The molecule has 0 unspecified atom stereocenters. The normalized spacial score (nSPS) is 10.7. The Kier molecular flexibility index (Phi) is 2.16. The van der Waals surface area contributed by atoms with E-state index in [-0.39, 0.29) is 0 Å². The number of hydrogen-bond donors (Lipinski definition) is 0. The first kappa shape index (κ1) is 8.88. The molecule has 4 heteroatoms. The van der Waals surface area contributed by atoms with Gasteiger partial charge in [0.1, 0.15) is 0 Å². The Labute approximate surface area is 94.8 Å². The van der Waals surface area contributed by atoms with E-state index in [9.17, 15) is 0 Å². The van der Waals surface area contributed by atoms with Gasteiger partial charge in [0.15, 0.2) is 10.8 Å². The first-order valence-electron chi connectivity index (χ1n) is 4.47. The minimum absolute atomic E-state index is 0.836. The van der Waals surface area contributed by atoms with E-state index < -0.39 is 0 Å². The minimum atomic E-state index is 0.836. The Morgan fingerprint density at radius 3 is 2.87 bits per heavy atom. The maximum atomic E-state index is 5.30. The summed E-state index contributed by atoms with van der Waals surface area (Å²) < 4.78 is 5.30. The first-order chi connectivity index (χ1) is 7.43. The molecule has 3 aromatic rings. The van der Waals surface area contributed by atoms with Gasteiger partial charge in [0.05, 0.1) is 16.8 Å². The third-order valence-corrected chi connectivity index (χ3v) is 3.76. The third kappa shape index (κ3) is 1.62. The second-order valence-corrected chi connectivity index (χ2v) is 4.80. The van der Waals surface area contributed by atoms with Crippen LogP contribution in [0.1, 0.15) is 0 Å². The molecule has 0 aliphatic carbocycles. The third-order valence-electron chi connectivity index (χ3n) is 2.01. The molecule has 0 radical (unpaired) electrons. The van der Waals surface area contributed by atoms with Gasteiger partial charge in [0.25, 0.3) is 0 Å². The van der Waals surface area contributed by atoms with Gasteiger partial charge in [-0.15, -0.1) is 22.7 Å². The molecule has 0 amide bonds. The molecule has 2 nitrogen and oxygen atoms in total. The highest BCUT2D eigenvalue weighted by molar-refractivity contribution is 7.15. The number of thiophene rings is 1. The number of furan rings is 1. The zero-order chi connectivity index (χ0) is 10.1. The standard InChI is InChI=1S/C11H7NOS2/c1-3-9(13-5-1)11-12-8(7-15-11)10-4-2-6-14-10/h1-7H. The smallest absolute Gasteiger partial charge is 0.162 e. The summed E-state index contributed by atoms with van der Waals surface area (Å²) in [5, 5.41) is 5.05. The number of aromatic nitrogens is 1. The molecule has 0 bridgehead atoms. The summed E-state index contributed by atoms with van der Waals surface area (Å²) in [7, 11) is 0. The Morgan fingerprint density at radius 1 is 1.13 bits per heavy atom. The maximum Gasteiger partial charge on any atom is 0.162 e. The molecule has 74 valence electrons. The van der Waals surface area contributed by atoms with Crippen LogP contribution in [0.4, 0.5) is 0 Å². The van der Waals surface area contributed by atoms with Crippen molar-refractivity contribution in [2.45, 2.75) is 0 Å². The summed E-state index contributed by atoms with van der Waals surface area (Å²) in [6, 6.07) is 7.91. The number of thiazole rings is 1. The van der Waals surface area contributed by atoms with Crippen LogP contribution in [0.3, 0.4) is 0 Å². The van der Waals surface area contributed by atoms with Gasteiger partial charge in [-0.3, -0.25) is 0 Å². The first-order valence-corrected chi connectivity index (χ1v) is 6.23. The zero-order valence-corrected chi connectivity index (χ0v) is 9.35. The van der Waals surface area contributed by atoms with Crippen LogP contribution in [-0.4, -0.2) is 4.98 Å².